The lowest BCUT2D eigenvalue weighted by Gasteiger charge is -1.96. The molecule has 0 aliphatic carbocycles. The maximum Gasteiger partial charge on any atom is 0.00104 e. The van der Waals surface area contributed by atoms with Crippen LogP contribution in [0.5, 0.6) is 0 Å². The predicted octanol–water partition coefficient (Wildman–Crippen LogP) is 2.24. The SMILES string of the molecule is [CH2]CCC(C)N.[CH2]CCCCCN.[CH2]CCN.[CH2]CN. The van der Waals surface area contributed by atoms with Crippen molar-refractivity contribution in [1.29, 1.82) is 0 Å². The summed E-state index contributed by atoms with van der Waals surface area (Å²) in [5.74, 6) is 0. The Kier molecular flexibility index (Phi) is 51.0. The standard InChI is InChI=1S/C6H14N.C5H12N.C3H8N.C2H6N/c1-2-3-4-5-6-7;1-3-4-5(2)6;1-2-3-4;1-2-3/h1-7H2;5H,1,3-4,6H2,2H3;1-4H2;1-3H2. The van der Waals surface area contributed by atoms with Crippen LogP contribution >= 0.6 is 0 Å². The topological polar surface area (TPSA) is 104 Å². The number of rotatable bonds is 7. The van der Waals surface area contributed by atoms with Gasteiger partial charge in [0.05, 0.1) is 0 Å². The largest absolute Gasteiger partial charge is 0.330 e. The second-order valence-corrected chi connectivity index (χ2v) is 4.25. The van der Waals surface area contributed by atoms with E-state index in [1.54, 1.807) is 0 Å². The van der Waals surface area contributed by atoms with E-state index in [1.807, 2.05) is 6.92 Å². The fourth-order valence-corrected chi connectivity index (χ4v) is 0.820. The number of unbranched alkanes of at least 4 members (excludes halogenated alkanes) is 3. The summed E-state index contributed by atoms with van der Waals surface area (Å²) in [6.45, 7) is 18.1. The zero-order valence-electron chi connectivity index (χ0n) is 13.8. The molecule has 0 rings (SSSR count). The van der Waals surface area contributed by atoms with Gasteiger partial charge < -0.3 is 22.9 Å². The summed E-state index contributed by atoms with van der Waals surface area (Å²) in [7, 11) is 0. The molecular weight excluding hydrogens is 248 g/mol. The minimum absolute atomic E-state index is 0.336. The van der Waals surface area contributed by atoms with E-state index in [2.05, 4.69) is 27.7 Å². The lowest BCUT2D eigenvalue weighted by molar-refractivity contribution is 0.675. The highest BCUT2D eigenvalue weighted by Gasteiger charge is 1.85. The molecule has 4 nitrogen and oxygen atoms in total. The Morgan fingerprint density at radius 1 is 0.750 bits per heavy atom. The van der Waals surface area contributed by atoms with E-state index in [-0.39, 0.29) is 0 Å². The minimum atomic E-state index is 0.336. The van der Waals surface area contributed by atoms with Gasteiger partial charge in [-0.2, -0.15) is 0 Å². The molecule has 0 bridgehead atoms. The molecule has 1 unspecified atom stereocenters. The summed E-state index contributed by atoms with van der Waals surface area (Å²) in [5.41, 5.74) is 20.3. The molecule has 124 valence electrons. The molecule has 0 aliphatic heterocycles. The van der Waals surface area contributed by atoms with Crippen LogP contribution in [0.25, 0.3) is 0 Å². The predicted molar refractivity (Wildman–Crippen MR) is 94.6 cm³/mol. The highest BCUT2D eigenvalue weighted by atomic mass is 14.6. The summed E-state index contributed by atoms with van der Waals surface area (Å²) in [6, 6.07) is 0.336. The quantitative estimate of drug-likeness (QED) is 0.539. The van der Waals surface area contributed by atoms with Crippen LogP contribution in [-0.2, 0) is 0 Å². The normalized spacial score (nSPS) is 10.1. The van der Waals surface area contributed by atoms with E-state index in [4.69, 9.17) is 22.9 Å². The molecule has 0 aliphatic rings. The van der Waals surface area contributed by atoms with Crippen LogP contribution < -0.4 is 22.9 Å². The lowest BCUT2D eigenvalue weighted by atomic mass is 10.2. The minimum Gasteiger partial charge on any atom is -0.330 e. The smallest absolute Gasteiger partial charge is 0.00104 e. The maximum atomic E-state index is 5.36. The molecule has 0 heterocycles. The fraction of sp³-hybridized carbons (Fsp3) is 0.750. The lowest BCUT2D eigenvalue weighted by Crippen LogP contribution is -2.13. The Morgan fingerprint density at radius 2 is 1.20 bits per heavy atom. The molecule has 0 saturated heterocycles. The maximum absolute atomic E-state index is 5.36. The van der Waals surface area contributed by atoms with Crippen molar-refractivity contribution in [2.24, 2.45) is 22.9 Å². The van der Waals surface area contributed by atoms with E-state index >= 15 is 0 Å². The van der Waals surface area contributed by atoms with Crippen molar-refractivity contribution in [3.8, 4) is 0 Å². The third-order valence-electron chi connectivity index (χ3n) is 1.82. The summed E-state index contributed by atoms with van der Waals surface area (Å²) in [6.07, 6.45) is 7.55. The summed E-state index contributed by atoms with van der Waals surface area (Å²) >= 11 is 0. The van der Waals surface area contributed by atoms with Crippen molar-refractivity contribution in [3.63, 3.8) is 0 Å². The number of hydrogen-bond acceptors (Lipinski definition) is 4. The van der Waals surface area contributed by atoms with Crippen molar-refractivity contribution in [2.45, 2.75) is 57.9 Å². The first kappa shape index (κ1) is 28.1. The average molecular weight is 289 g/mol. The Hall–Kier alpha value is -0.160. The molecule has 0 aromatic carbocycles. The van der Waals surface area contributed by atoms with E-state index in [1.165, 1.54) is 12.8 Å². The third kappa shape index (κ3) is 82.3. The summed E-state index contributed by atoms with van der Waals surface area (Å²) in [5, 5.41) is 0. The van der Waals surface area contributed by atoms with E-state index in [9.17, 15) is 0 Å². The van der Waals surface area contributed by atoms with Crippen molar-refractivity contribution in [1.82, 2.24) is 0 Å². The van der Waals surface area contributed by atoms with E-state index in [0.29, 0.717) is 19.1 Å². The van der Waals surface area contributed by atoms with Crippen molar-refractivity contribution < 1.29 is 0 Å². The molecule has 0 spiro atoms. The third-order valence-corrected chi connectivity index (χ3v) is 1.82. The van der Waals surface area contributed by atoms with Gasteiger partial charge in [0.25, 0.3) is 0 Å². The summed E-state index contributed by atoms with van der Waals surface area (Å²) in [4.78, 5) is 0. The van der Waals surface area contributed by atoms with Crippen LogP contribution in [0, 0.1) is 27.7 Å². The summed E-state index contributed by atoms with van der Waals surface area (Å²) < 4.78 is 0. The monoisotopic (exact) mass is 288 g/mol. The van der Waals surface area contributed by atoms with Crippen LogP contribution in [0.1, 0.15) is 51.9 Å². The van der Waals surface area contributed by atoms with Gasteiger partial charge in [-0.05, 0) is 52.7 Å². The van der Waals surface area contributed by atoms with Gasteiger partial charge in [-0.25, -0.2) is 0 Å². The zero-order chi connectivity index (χ0) is 16.6. The van der Waals surface area contributed by atoms with Crippen LogP contribution in [0.15, 0.2) is 0 Å². The molecule has 1 atom stereocenters. The molecule has 20 heavy (non-hydrogen) atoms. The molecule has 0 aromatic rings. The fourth-order valence-electron chi connectivity index (χ4n) is 0.820. The molecule has 8 N–H and O–H groups in total. The van der Waals surface area contributed by atoms with Crippen molar-refractivity contribution >= 4 is 0 Å². The van der Waals surface area contributed by atoms with Gasteiger partial charge in [0, 0.05) is 6.04 Å². The van der Waals surface area contributed by atoms with Gasteiger partial charge in [-0.3, -0.25) is 0 Å². The second-order valence-electron chi connectivity index (χ2n) is 4.25. The Morgan fingerprint density at radius 3 is 1.35 bits per heavy atom. The number of hydrogen-bond donors (Lipinski definition) is 4. The molecule has 0 amide bonds. The average Bonchev–Trinajstić information content (AvgIpc) is 2.41. The van der Waals surface area contributed by atoms with Gasteiger partial charge in [0.2, 0.25) is 0 Å². The van der Waals surface area contributed by atoms with Gasteiger partial charge in [-0.15, -0.1) is 0 Å². The Balaban J connectivity index is -0.0000000899. The molecule has 0 fully saturated rings. The van der Waals surface area contributed by atoms with Gasteiger partial charge in [0.15, 0.2) is 0 Å². The Bertz CT molecular complexity index is 103. The molecule has 4 radical (unpaired) electrons. The highest BCUT2D eigenvalue weighted by Crippen LogP contribution is 1.95. The zero-order valence-corrected chi connectivity index (χ0v) is 13.8. The van der Waals surface area contributed by atoms with E-state index < -0.39 is 0 Å². The van der Waals surface area contributed by atoms with E-state index in [0.717, 1.165) is 38.6 Å². The first-order chi connectivity index (χ1) is 9.51. The highest BCUT2D eigenvalue weighted by molar-refractivity contribution is 4.52. The Labute approximate surface area is 129 Å². The first-order valence-corrected chi connectivity index (χ1v) is 7.54. The van der Waals surface area contributed by atoms with Crippen molar-refractivity contribution in [3.05, 3.63) is 27.7 Å². The number of nitrogens with two attached hydrogens (primary N) is 4. The molecule has 0 aromatic heterocycles. The first-order valence-electron chi connectivity index (χ1n) is 7.54. The van der Waals surface area contributed by atoms with Gasteiger partial charge in [-0.1, -0.05) is 46.5 Å². The van der Waals surface area contributed by atoms with Crippen LogP contribution in [0.3, 0.4) is 0 Å². The van der Waals surface area contributed by atoms with Gasteiger partial charge in [0.1, 0.15) is 0 Å². The van der Waals surface area contributed by atoms with Gasteiger partial charge >= 0.3 is 0 Å². The molecular formula is C16H40N4. The molecule has 0 saturated carbocycles. The van der Waals surface area contributed by atoms with Crippen LogP contribution in [0.4, 0.5) is 0 Å². The molecule has 4 heteroatoms. The van der Waals surface area contributed by atoms with Crippen LogP contribution in [-0.4, -0.2) is 25.7 Å². The van der Waals surface area contributed by atoms with Crippen LogP contribution in [0.2, 0.25) is 0 Å². The second kappa shape index (κ2) is 36.4. The van der Waals surface area contributed by atoms with Crippen molar-refractivity contribution in [2.75, 3.05) is 19.6 Å².